The van der Waals surface area contributed by atoms with Crippen LogP contribution in [0.5, 0.6) is 0 Å². The highest BCUT2D eigenvalue weighted by Gasteiger charge is 2.28. The van der Waals surface area contributed by atoms with Crippen LogP contribution in [0.1, 0.15) is 45.1 Å². The van der Waals surface area contributed by atoms with Crippen LogP contribution in [0.3, 0.4) is 0 Å². The molecule has 1 saturated heterocycles. The maximum absolute atomic E-state index is 12.3. The summed E-state index contributed by atoms with van der Waals surface area (Å²) in [6, 6.07) is 8.54. The number of unbranched alkanes of at least 4 members (excludes halogenated alkanes) is 1. The molecule has 2 rings (SSSR count). The number of carbonyl (C=O) groups excluding carboxylic acids is 1. The number of rotatable bonds is 5. The summed E-state index contributed by atoms with van der Waals surface area (Å²) in [4.78, 5) is 16.1. The van der Waals surface area contributed by atoms with Gasteiger partial charge in [-0.3, -0.25) is 4.90 Å². The van der Waals surface area contributed by atoms with E-state index in [2.05, 4.69) is 45.0 Å². The van der Waals surface area contributed by atoms with Gasteiger partial charge in [0, 0.05) is 25.3 Å². The Morgan fingerprint density at radius 1 is 1.16 bits per heavy atom. The number of anilines is 1. The van der Waals surface area contributed by atoms with Crippen molar-refractivity contribution in [2.45, 2.75) is 39.5 Å². The number of amides is 2. The van der Waals surface area contributed by atoms with Crippen molar-refractivity contribution in [3.8, 4) is 0 Å². The van der Waals surface area contributed by atoms with E-state index in [1.54, 1.807) is 0 Å². The van der Waals surface area contributed by atoms with Crippen molar-refractivity contribution in [1.82, 2.24) is 4.90 Å². The quantitative estimate of drug-likeness (QED) is 0.788. The van der Waals surface area contributed by atoms with Gasteiger partial charge >= 0.3 is 6.03 Å². The van der Waals surface area contributed by atoms with Crippen LogP contribution in [0.25, 0.3) is 0 Å². The molecule has 1 aliphatic heterocycles. The van der Waals surface area contributed by atoms with Gasteiger partial charge in [-0.1, -0.05) is 39.3 Å². The van der Waals surface area contributed by atoms with Gasteiger partial charge in [0.25, 0.3) is 0 Å². The fourth-order valence-corrected chi connectivity index (χ4v) is 2.42. The molecule has 19 heavy (non-hydrogen) atoms. The van der Waals surface area contributed by atoms with E-state index in [9.17, 15) is 4.79 Å². The molecule has 0 unspecified atom stereocenters. The van der Waals surface area contributed by atoms with Crippen molar-refractivity contribution in [2.75, 3.05) is 24.5 Å². The summed E-state index contributed by atoms with van der Waals surface area (Å²) < 4.78 is 0. The van der Waals surface area contributed by atoms with E-state index in [0.717, 1.165) is 38.2 Å². The van der Waals surface area contributed by atoms with Gasteiger partial charge in [-0.05, 0) is 30.0 Å². The number of hydrogen-bond acceptors (Lipinski definition) is 1. The highest BCUT2D eigenvalue weighted by Crippen LogP contribution is 2.23. The highest BCUT2D eigenvalue weighted by atomic mass is 16.2. The summed E-state index contributed by atoms with van der Waals surface area (Å²) in [6.07, 6.45) is 2.22. The van der Waals surface area contributed by atoms with Gasteiger partial charge in [0.15, 0.2) is 0 Å². The van der Waals surface area contributed by atoms with Crippen molar-refractivity contribution >= 4 is 11.7 Å². The molecular formula is C16H24N2O. The first-order chi connectivity index (χ1) is 9.13. The lowest BCUT2D eigenvalue weighted by Crippen LogP contribution is -2.32. The van der Waals surface area contributed by atoms with Crippen molar-refractivity contribution in [2.24, 2.45) is 0 Å². The average molecular weight is 260 g/mol. The van der Waals surface area contributed by atoms with Crippen LogP contribution in [-0.2, 0) is 0 Å². The lowest BCUT2D eigenvalue weighted by atomic mass is 10.0. The minimum Gasteiger partial charge on any atom is -0.323 e. The molecule has 3 nitrogen and oxygen atoms in total. The van der Waals surface area contributed by atoms with E-state index in [1.165, 1.54) is 5.56 Å². The SMILES string of the molecule is CCCCN1CCN(c2ccc(C(C)C)cc2)C1=O. The van der Waals surface area contributed by atoms with Gasteiger partial charge in [0.1, 0.15) is 0 Å². The van der Waals surface area contributed by atoms with Crippen LogP contribution < -0.4 is 4.90 Å². The summed E-state index contributed by atoms with van der Waals surface area (Å²) in [5.74, 6) is 0.532. The zero-order valence-electron chi connectivity index (χ0n) is 12.2. The molecule has 1 aromatic rings. The summed E-state index contributed by atoms with van der Waals surface area (Å²) in [5, 5.41) is 0. The van der Waals surface area contributed by atoms with Gasteiger partial charge in [0.2, 0.25) is 0 Å². The zero-order valence-corrected chi connectivity index (χ0v) is 12.2. The van der Waals surface area contributed by atoms with Gasteiger partial charge in [-0.15, -0.1) is 0 Å². The normalized spacial score (nSPS) is 15.7. The van der Waals surface area contributed by atoms with Gasteiger partial charge in [-0.2, -0.15) is 0 Å². The van der Waals surface area contributed by atoms with Crippen LogP contribution in [0.4, 0.5) is 10.5 Å². The number of hydrogen-bond donors (Lipinski definition) is 0. The maximum Gasteiger partial charge on any atom is 0.324 e. The molecule has 0 atom stereocenters. The monoisotopic (exact) mass is 260 g/mol. The molecule has 3 heteroatoms. The third-order valence-electron chi connectivity index (χ3n) is 3.75. The molecule has 0 N–H and O–H groups in total. The second-order valence-electron chi connectivity index (χ2n) is 5.52. The molecule has 0 saturated carbocycles. The first-order valence-corrected chi connectivity index (χ1v) is 7.30. The van der Waals surface area contributed by atoms with E-state index < -0.39 is 0 Å². The van der Waals surface area contributed by atoms with Gasteiger partial charge in [-0.25, -0.2) is 4.79 Å². The van der Waals surface area contributed by atoms with Gasteiger partial charge in [0.05, 0.1) is 0 Å². The first kappa shape index (κ1) is 13.9. The molecule has 0 spiro atoms. The maximum atomic E-state index is 12.3. The molecule has 0 bridgehead atoms. The van der Waals surface area contributed by atoms with Crippen LogP contribution in [-0.4, -0.2) is 30.6 Å². The minimum absolute atomic E-state index is 0.158. The first-order valence-electron chi connectivity index (χ1n) is 7.30. The highest BCUT2D eigenvalue weighted by molar-refractivity contribution is 5.94. The van der Waals surface area contributed by atoms with Crippen molar-refractivity contribution < 1.29 is 4.79 Å². The van der Waals surface area contributed by atoms with Crippen LogP contribution >= 0.6 is 0 Å². The Balaban J connectivity index is 2.04. The largest absolute Gasteiger partial charge is 0.324 e. The molecule has 0 aliphatic carbocycles. The molecule has 0 aromatic heterocycles. The Labute approximate surface area is 116 Å². The topological polar surface area (TPSA) is 23.6 Å². The van der Waals surface area contributed by atoms with E-state index >= 15 is 0 Å². The predicted molar refractivity (Wildman–Crippen MR) is 79.8 cm³/mol. The standard InChI is InChI=1S/C16H24N2O/c1-4-5-10-17-11-12-18(16(17)19)15-8-6-14(7-9-15)13(2)3/h6-9,13H,4-5,10-12H2,1-3H3. The summed E-state index contributed by atoms with van der Waals surface area (Å²) in [5.41, 5.74) is 2.34. The third kappa shape index (κ3) is 3.09. The predicted octanol–water partition coefficient (Wildman–Crippen LogP) is 3.85. The Hall–Kier alpha value is -1.51. The summed E-state index contributed by atoms with van der Waals surface area (Å²) >= 11 is 0. The zero-order chi connectivity index (χ0) is 13.8. The summed E-state index contributed by atoms with van der Waals surface area (Å²) in [7, 11) is 0. The second-order valence-corrected chi connectivity index (χ2v) is 5.52. The molecule has 0 radical (unpaired) electrons. The lowest BCUT2D eigenvalue weighted by molar-refractivity contribution is 0.220. The average Bonchev–Trinajstić information content (AvgIpc) is 2.78. The number of benzene rings is 1. The minimum atomic E-state index is 0.158. The van der Waals surface area contributed by atoms with E-state index in [1.807, 2.05) is 9.80 Å². The fraction of sp³-hybridized carbons (Fsp3) is 0.562. The molecule has 1 heterocycles. The summed E-state index contributed by atoms with van der Waals surface area (Å²) in [6.45, 7) is 9.07. The molecule has 104 valence electrons. The van der Waals surface area contributed by atoms with E-state index in [-0.39, 0.29) is 6.03 Å². The smallest absolute Gasteiger partial charge is 0.323 e. The Morgan fingerprint density at radius 3 is 2.42 bits per heavy atom. The second kappa shape index (κ2) is 6.09. The van der Waals surface area contributed by atoms with Gasteiger partial charge < -0.3 is 4.90 Å². The third-order valence-corrected chi connectivity index (χ3v) is 3.75. The fourth-order valence-electron chi connectivity index (χ4n) is 2.42. The molecule has 2 amide bonds. The number of nitrogens with zero attached hydrogens (tertiary/aromatic N) is 2. The van der Waals surface area contributed by atoms with Crippen molar-refractivity contribution in [3.63, 3.8) is 0 Å². The van der Waals surface area contributed by atoms with Crippen molar-refractivity contribution in [1.29, 1.82) is 0 Å². The lowest BCUT2D eigenvalue weighted by Gasteiger charge is -2.19. The number of urea groups is 1. The molecule has 1 aliphatic rings. The van der Waals surface area contributed by atoms with Crippen molar-refractivity contribution in [3.05, 3.63) is 29.8 Å². The molecular weight excluding hydrogens is 236 g/mol. The Morgan fingerprint density at radius 2 is 1.84 bits per heavy atom. The molecule has 1 fully saturated rings. The van der Waals surface area contributed by atoms with E-state index in [4.69, 9.17) is 0 Å². The van der Waals surface area contributed by atoms with Crippen LogP contribution in [0, 0.1) is 0 Å². The van der Waals surface area contributed by atoms with E-state index in [0.29, 0.717) is 5.92 Å². The van der Waals surface area contributed by atoms with Crippen LogP contribution in [0.2, 0.25) is 0 Å². The Kier molecular flexibility index (Phi) is 4.46. The van der Waals surface area contributed by atoms with Crippen LogP contribution in [0.15, 0.2) is 24.3 Å². The molecule has 1 aromatic carbocycles. The number of carbonyl (C=O) groups is 1. The Bertz CT molecular complexity index is 425.